The Hall–Kier alpha value is -3.29. The molecule has 1 aliphatic rings. The average molecular weight is 363 g/mol. The van der Waals surface area contributed by atoms with Crippen LogP contribution in [0.2, 0.25) is 0 Å². The highest BCUT2D eigenvalue weighted by molar-refractivity contribution is 5.92. The van der Waals surface area contributed by atoms with E-state index >= 15 is 0 Å². The molecule has 1 atom stereocenters. The fourth-order valence-electron chi connectivity index (χ4n) is 3.30. The van der Waals surface area contributed by atoms with Gasteiger partial charge >= 0.3 is 0 Å². The van der Waals surface area contributed by atoms with Crippen LogP contribution in [0.25, 0.3) is 0 Å². The van der Waals surface area contributed by atoms with E-state index in [0.717, 1.165) is 36.6 Å². The molecule has 4 rings (SSSR count). The molecule has 2 N–H and O–H groups in total. The number of nitrogens with one attached hydrogen (secondary N) is 2. The molecule has 0 unspecified atom stereocenters. The maximum atomic E-state index is 12.5. The van der Waals surface area contributed by atoms with Gasteiger partial charge in [-0.05, 0) is 31.9 Å². The Morgan fingerprint density at radius 2 is 2.15 bits per heavy atom. The normalized spacial score (nSPS) is 16.9. The molecule has 3 aromatic rings. The number of pyridine rings is 1. The Bertz CT molecular complexity index is 908. The maximum absolute atomic E-state index is 12.5. The number of aromatic nitrogens is 5. The lowest BCUT2D eigenvalue weighted by atomic mass is 9.95. The number of likely N-dealkylation sites (tertiary alicyclic amines) is 1. The third kappa shape index (κ3) is 3.94. The fraction of sp³-hybridized carbons (Fsp3) is 0.316. The molecule has 0 bridgehead atoms. The standard InChI is InChI=1S/C19H21N7O/c1-13-4-2-6-17(24-13)25-18-10-21-15(9-22-18)14-5-3-7-26(11-14)19(27)16-8-20-12-23-16/h2,4,6,8-10,12,14H,3,5,7,11H2,1H3,(H,20,23)(H,22,24,25)/t14-/m1/s1. The number of carbonyl (C=O) groups is 1. The van der Waals surface area contributed by atoms with E-state index in [9.17, 15) is 4.79 Å². The van der Waals surface area contributed by atoms with Gasteiger partial charge in [0.2, 0.25) is 0 Å². The predicted molar refractivity (Wildman–Crippen MR) is 101 cm³/mol. The van der Waals surface area contributed by atoms with E-state index in [-0.39, 0.29) is 11.8 Å². The van der Waals surface area contributed by atoms with Crippen molar-refractivity contribution in [3.8, 4) is 0 Å². The summed E-state index contributed by atoms with van der Waals surface area (Å²) in [5.74, 6) is 1.56. The summed E-state index contributed by atoms with van der Waals surface area (Å²) in [6.07, 6.45) is 8.52. The smallest absolute Gasteiger partial charge is 0.271 e. The van der Waals surface area contributed by atoms with E-state index in [1.807, 2.05) is 30.0 Å². The monoisotopic (exact) mass is 363 g/mol. The molecule has 27 heavy (non-hydrogen) atoms. The second kappa shape index (κ2) is 7.53. The number of aromatic amines is 1. The second-order valence-corrected chi connectivity index (χ2v) is 6.67. The minimum absolute atomic E-state index is 0.0195. The van der Waals surface area contributed by atoms with Crippen LogP contribution in [0.3, 0.4) is 0 Å². The lowest BCUT2D eigenvalue weighted by molar-refractivity contribution is 0.0700. The lowest BCUT2D eigenvalue weighted by Gasteiger charge is -2.32. The van der Waals surface area contributed by atoms with Crippen molar-refractivity contribution >= 4 is 17.5 Å². The largest absolute Gasteiger partial charge is 0.341 e. The Labute approximate surface area is 157 Å². The first-order valence-electron chi connectivity index (χ1n) is 8.99. The van der Waals surface area contributed by atoms with Gasteiger partial charge in [0.05, 0.1) is 30.6 Å². The number of hydrogen-bond donors (Lipinski definition) is 2. The van der Waals surface area contributed by atoms with Gasteiger partial charge in [-0.25, -0.2) is 15.0 Å². The molecule has 0 spiro atoms. The van der Waals surface area contributed by atoms with Crippen LogP contribution in [0.1, 0.15) is 40.6 Å². The molecule has 8 nitrogen and oxygen atoms in total. The zero-order chi connectivity index (χ0) is 18.6. The third-order valence-electron chi connectivity index (χ3n) is 4.67. The zero-order valence-electron chi connectivity index (χ0n) is 15.1. The number of piperidine rings is 1. The van der Waals surface area contributed by atoms with Crippen LogP contribution in [0.4, 0.5) is 11.6 Å². The average Bonchev–Trinajstić information content (AvgIpc) is 3.23. The van der Waals surface area contributed by atoms with E-state index in [0.29, 0.717) is 18.1 Å². The summed E-state index contributed by atoms with van der Waals surface area (Å²) in [6.45, 7) is 3.33. The number of anilines is 2. The SMILES string of the molecule is Cc1cccc(Nc2cnc([C@@H]3CCCN(C(=O)c4cnc[nH]4)C3)cn2)n1. The van der Waals surface area contributed by atoms with Crippen LogP contribution < -0.4 is 5.32 Å². The van der Waals surface area contributed by atoms with Gasteiger partial charge in [-0.3, -0.25) is 9.78 Å². The number of hydrogen-bond acceptors (Lipinski definition) is 6. The van der Waals surface area contributed by atoms with Gasteiger partial charge in [0.1, 0.15) is 17.3 Å². The molecular weight excluding hydrogens is 342 g/mol. The van der Waals surface area contributed by atoms with Gasteiger partial charge < -0.3 is 15.2 Å². The van der Waals surface area contributed by atoms with Gasteiger partial charge in [-0.1, -0.05) is 6.07 Å². The van der Waals surface area contributed by atoms with Gasteiger partial charge in [0.15, 0.2) is 0 Å². The number of rotatable bonds is 4. The topological polar surface area (TPSA) is 99.7 Å². The Morgan fingerprint density at radius 3 is 2.89 bits per heavy atom. The van der Waals surface area contributed by atoms with Crippen molar-refractivity contribution in [2.75, 3.05) is 18.4 Å². The molecule has 4 heterocycles. The number of imidazole rings is 1. The zero-order valence-corrected chi connectivity index (χ0v) is 15.1. The van der Waals surface area contributed by atoms with E-state index in [4.69, 9.17) is 0 Å². The molecule has 8 heteroatoms. The molecule has 1 amide bonds. The van der Waals surface area contributed by atoms with Gasteiger partial charge in [0.25, 0.3) is 5.91 Å². The molecule has 0 aliphatic carbocycles. The Balaban J connectivity index is 1.43. The van der Waals surface area contributed by atoms with Crippen LogP contribution in [-0.2, 0) is 0 Å². The summed E-state index contributed by atoms with van der Waals surface area (Å²) in [4.78, 5) is 34.6. The summed E-state index contributed by atoms with van der Waals surface area (Å²) in [5.41, 5.74) is 2.36. The quantitative estimate of drug-likeness (QED) is 0.739. The molecule has 0 aromatic carbocycles. The molecular formula is C19H21N7O. The number of nitrogens with zero attached hydrogens (tertiary/aromatic N) is 5. The molecule has 0 radical (unpaired) electrons. The van der Waals surface area contributed by atoms with Gasteiger partial charge in [0, 0.05) is 24.7 Å². The highest BCUT2D eigenvalue weighted by Gasteiger charge is 2.27. The van der Waals surface area contributed by atoms with Crippen LogP contribution in [-0.4, -0.2) is 48.8 Å². The Kier molecular flexibility index (Phi) is 4.78. The summed E-state index contributed by atoms with van der Waals surface area (Å²) >= 11 is 0. The van der Waals surface area contributed by atoms with Crippen molar-refractivity contribution in [2.45, 2.75) is 25.7 Å². The number of carbonyl (C=O) groups excluding carboxylic acids is 1. The number of H-pyrrole nitrogens is 1. The highest BCUT2D eigenvalue weighted by Crippen LogP contribution is 2.26. The summed E-state index contributed by atoms with van der Waals surface area (Å²) in [7, 11) is 0. The Morgan fingerprint density at radius 1 is 1.22 bits per heavy atom. The van der Waals surface area contributed by atoms with Gasteiger partial charge in [-0.2, -0.15) is 0 Å². The van der Waals surface area contributed by atoms with Crippen LogP contribution in [0, 0.1) is 6.92 Å². The van der Waals surface area contributed by atoms with Crippen molar-refractivity contribution in [3.05, 3.63) is 60.2 Å². The van der Waals surface area contributed by atoms with Crippen LogP contribution >= 0.6 is 0 Å². The molecule has 1 aliphatic heterocycles. The van der Waals surface area contributed by atoms with E-state index in [1.54, 1.807) is 18.6 Å². The number of amides is 1. The maximum Gasteiger partial charge on any atom is 0.271 e. The molecule has 138 valence electrons. The summed E-state index contributed by atoms with van der Waals surface area (Å²) < 4.78 is 0. The molecule has 1 saturated heterocycles. The predicted octanol–water partition coefficient (Wildman–Crippen LogP) is 2.67. The lowest BCUT2D eigenvalue weighted by Crippen LogP contribution is -2.39. The number of aryl methyl sites for hydroxylation is 1. The van der Waals surface area contributed by atoms with E-state index < -0.39 is 0 Å². The summed E-state index contributed by atoms with van der Waals surface area (Å²) in [5, 5.41) is 3.16. The van der Waals surface area contributed by atoms with Crippen molar-refractivity contribution in [1.29, 1.82) is 0 Å². The first kappa shape index (κ1) is 17.1. The first-order chi connectivity index (χ1) is 13.2. The minimum Gasteiger partial charge on any atom is -0.341 e. The van der Waals surface area contributed by atoms with E-state index in [2.05, 4.69) is 30.2 Å². The van der Waals surface area contributed by atoms with Crippen LogP contribution in [0.5, 0.6) is 0 Å². The molecule has 1 fully saturated rings. The van der Waals surface area contributed by atoms with Crippen molar-refractivity contribution in [2.24, 2.45) is 0 Å². The van der Waals surface area contributed by atoms with Crippen molar-refractivity contribution in [1.82, 2.24) is 29.8 Å². The first-order valence-corrected chi connectivity index (χ1v) is 8.99. The van der Waals surface area contributed by atoms with Crippen molar-refractivity contribution in [3.63, 3.8) is 0 Å². The highest BCUT2D eigenvalue weighted by atomic mass is 16.2. The molecule has 3 aromatic heterocycles. The summed E-state index contributed by atoms with van der Waals surface area (Å²) in [6, 6.07) is 5.78. The van der Waals surface area contributed by atoms with Gasteiger partial charge in [-0.15, -0.1) is 0 Å². The second-order valence-electron chi connectivity index (χ2n) is 6.67. The van der Waals surface area contributed by atoms with E-state index in [1.165, 1.54) is 6.33 Å². The fourth-order valence-corrected chi connectivity index (χ4v) is 3.30. The minimum atomic E-state index is -0.0195. The molecule has 0 saturated carbocycles. The van der Waals surface area contributed by atoms with Crippen LogP contribution in [0.15, 0.2) is 43.1 Å². The van der Waals surface area contributed by atoms with Crippen molar-refractivity contribution < 1.29 is 4.79 Å². The third-order valence-corrected chi connectivity index (χ3v) is 4.67.